The van der Waals surface area contributed by atoms with Crippen molar-refractivity contribution in [2.24, 2.45) is 5.92 Å². The van der Waals surface area contributed by atoms with Crippen LogP contribution >= 0.6 is 11.3 Å². The lowest BCUT2D eigenvalue weighted by atomic mass is 9.77. The van der Waals surface area contributed by atoms with Gasteiger partial charge >= 0.3 is 0 Å². The van der Waals surface area contributed by atoms with Crippen LogP contribution < -0.4 is 15.4 Å². The minimum absolute atomic E-state index is 0.0914. The monoisotopic (exact) mass is 369 g/mol. The first kappa shape index (κ1) is 15.3. The van der Waals surface area contributed by atoms with Crippen molar-refractivity contribution in [1.29, 1.82) is 0 Å². The Hall–Kier alpha value is -1.79. The highest BCUT2D eigenvalue weighted by Crippen LogP contribution is 2.53. The number of hydrogen-bond acceptors (Lipinski definition) is 5. The van der Waals surface area contributed by atoms with E-state index >= 15 is 0 Å². The van der Waals surface area contributed by atoms with Gasteiger partial charge in [-0.2, -0.15) is 0 Å². The van der Waals surface area contributed by atoms with Crippen LogP contribution in [0.2, 0.25) is 0 Å². The van der Waals surface area contributed by atoms with E-state index in [-0.39, 0.29) is 11.4 Å². The molecular weight excluding hydrogens is 346 g/mol. The van der Waals surface area contributed by atoms with Gasteiger partial charge in [0.2, 0.25) is 0 Å². The van der Waals surface area contributed by atoms with E-state index < -0.39 is 0 Å². The molecule has 1 amide bonds. The summed E-state index contributed by atoms with van der Waals surface area (Å²) in [6, 6.07) is 6.49. The number of rotatable bonds is 2. The number of ether oxygens (including phenoxy) is 1. The van der Waals surface area contributed by atoms with E-state index in [4.69, 9.17) is 4.74 Å². The summed E-state index contributed by atoms with van der Waals surface area (Å²) in [4.78, 5) is 16.5. The number of carbonyl (C=O) groups excluding carboxylic acids is 1. The van der Waals surface area contributed by atoms with Gasteiger partial charge in [0, 0.05) is 12.1 Å². The van der Waals surface area contributed by atoms with Crippen molar-refractivity contribution in [3.8, 4) is 5.75 Å². The van der Waals surface area contributed by atoms with Crippen LogP contribution in [-0.4, -0.2) is 48.6 Å². The van der Waals surface area contributed by atoms with Crippen molar-refractivity contribution in [3.63, 3.8) is 0 Å². The van der Waals surface area contributed by atoms with E-state index in [1.165, 1.54) is 38.8 Å². The van der Waals surface area contributed by atoms with Crippen molar-refractivity contribution in [3.05, 3.63) is 23.1 Å². The van der Waals surface area contributed by atoms with Gasteiger partial charge in [0.05, 0.1) is 21.3 Å². The molecule has 1 spiro atoms. The first-order chi connectivity index (χ1) is 12.7. The second-order valence-electron chi connectivity index (χ2n) is 8.13. The molecule has 2 aromatic rings. The standard InChI is InChI=1S/C20H23N3O2S/c24-19(22-18-12-3-8-23(9-4-12)20(18)5-6-20)15-11-13-1-2-14-16(17(13)26-15)25-10-7-21-14/h1-2,11-12,18,21H,3-10H2,(H,22,24)/t18-/m0/s1. The van der Waals surface area contributed by atoms with E-state index in [0.29, 0.717) is 18.6 Å². The molecule has 4 aliphatic heterocycles. The molecule has 5 nitrogen and oxygen atoms in total. The summed E-state index contributed by atoms with van der Waals surface area (Å²) < 4.78 is 6.95. The number of thiophene rings is 1. The fourth-order valence-corrected chi connectivity index (χ4v) is 6.41. The quantitative estimate of drug-likeness (QED) is 0.854. The number of carbonyl (C=O) groups is 1. The average Bonchev–Trinajstić information content (AvgIpc) is 3.33. The molecule has 5 heterocycles. The van der Waals surface area contributed by atoms with E-state index in [1.807, 2.05) is 6.07 Å². The molecule has 7 rings (SSSR count). The maximum absolute atomic E-state index is 13.1. The van der Waals surface area contributed by atoms with E-state index in [9.17, 15) is 4.79 Å². The lowest BCUT2D eigenvalue weighted by Crippen LogP contribution is -2.65. The summed E-state index contributed by atoms with van der Waals surface area (Å²) in [6.45, 7) is 3.94. The zero-order valence-corrected chi connectivity index (χ0v) is 15.5. The molecule has 0 radical (unpaired) electrons. The molecule has 1 aromatic carbocycles. The zero-order chi connectivity index (χ0) is 17.3. The lowest BCUT2D eigenvalue weighted by molar-refractivity contribution is -0.00138. The topological polar surface area (TPSA) is 53.6 Å². The normalized spacial score (nSPS) is 30.5. The molecule has 0 unspecified atom stereocenters. The summed E-state index contributed by atoms with van der Waals surface area (Å²) >= 11 is 1.56. The third-order valence-electron chi connectivity index (χ3n) is 6.80. The van der Waals surface area contributed by atoms with Gasteiger partial charge in [-0.05, 0) is 62.2 Å². The Morgan fingerprint density at radius 1 is 1.31 bits per heavy atom. The summed E-state index contributed by atoms with van der Waals surface area (Å²) in [5, 5.41) is 7.90. The third kappa shape index (κ3) is 2.09. The van der Waals surface area contributed by atoms with Gasteiger partial charge in [-0.1, -0.05) is 6.07 Å². The summed E-state index contributed by atoms with van der Waals surface area (Å²) in [7, 11) is 0. The van der Waals surface area contributed by atoms with Gasteiger partial charge in [-0.15, -0.1) is 11.3 Å². The maximum Gasteiger partial charge on any atom is 0.261 e. The van der Waals surface area contributed by atoms with Crippen molar-refractivity contribution in [2.45, 2.75) is 37.3 Å². The molecule has 5 aliphatic rings. The second kappa shape index (κ2) is 5.36. The Bertz CT molecular complexity index is 896. The van der Waals surface area contributed by atoms with Gasteiger partial charge < -0.3 is 15.4 Å². The lowest BCUT2D eigenvalue weighted by Gasteiger charge is -2.52. The molecule has 26 heavy (non-hydrogen) atoms. The van der Waals surface area contributed by atoms with Gasteiger partial charge in [-0.25, -0.2) is 0 Å². The summed E-state index contributed by atoms with van der Waals surface area (Å²) in [6.07, 6.45) is 4.94. The van der Waals surface area contributed by atoms with Gasteiger partial charge in [0.15, 0.2) is 5.75 Å². The predicted molar refractivity (Wildman–Crippen MR) is 103 cm³/mol. The van der Waals surface area contributed by atoms with Crippen LogP contribution in [0, 0.1) is 5.92 Å². The van der Waals surface area contributed by atoms with E-state index in [1.54, 1.807) is 11.3 Å². The first-order valence-corrected chi connectivity index (χ1v) is 10.6. The predicted octanol–water partition coefficient (Wildman–Crippen LogP) is 3.06. The molecule has 1 aliphatic carbocycles. The summed E-state index contributed by atoms with van der Waals surface area (Å²) in [5.74, 6) is 1.65. The Morgan fingerprint density at radius 3 is 2.96 bits per heavy atom. The number of piperidine rings is 3. The van der Waals surface area contributed by atoms with Gasteiger partial charge in [-0.3, -0.25) is 9.69 Å². The van der Waals surface area contributed by atoms with Crippen molar-refractivity contribution in [2.75, 3.05) is 31.6 Å². The number of nitrogens with zero attached hydrogens (tertiary/aromatic N) is 1. The van der Waals surface area contributed by atoms with Crippen molar-refractivity contribution in [1.82, 2.24) is 10.2 Å². The van der Waals surface area contributed by atoms with E-state index in [0.717, 1.165) is 32.9 Å². The minimum Gasteiger partial charge on any atom is -0.488 e. The Balaban J connectivity index is 1.31. The number of fused-ring (bicyclic) bond motifs is 5. The fraction of sp³-hybridized carbons (Fsp3) is 0.550. The average molecular weight is 369 g/mol. The Kier molecular flexibility index (Phi) is 3.15. The van der Waals surface area contributed by atoms with Crippen LogP contribution in [-0.2, 0) is 0 Å². The number of benzene rings is 1. The maximum atomic E-state index is 13.1. The SMILES string of the molecule is O=C(N[C@H]1C2CCN(CC2)C12CC2)c1cc2ccc3c(c2s1)OCCN3. The fourth-order valence-electron chi connectivity index (χ4n) is 5.34. The molecule has 2 N–H and O–H groups in total. The van der Waals surface area contributed by atoms with Crippen molar-refractivity contribution >= 4 is 33.0 Å². The third-order valence-corrected chi connectivity index (χ3v) is 7.95. The first-order valence-electron chi connectivity index (χ1n) is 9.74. The molecular formula is C20H23N3O2S. The van der Waals surface area contributed by atoms with Gasteiger partial charge in [0.1, 0.15) is 6.61 Å². The molecule has 1 aromatic heterocycles. The number of anilines is 1. The van der Waals surface area contributed by atoms with Crippen LogP contribution in [0.5, 0.6) is 5.75 Å². The Labute approximate surface area is 156 Å². The number of hydrogen-bond donors (Lipinski definition) is 2. The van der Waals surface area contributed by atoms with Crippen LogP contribution in [0.15, 0.2) is 18.2 Å². The molecule has 1 atom stereocenters. The highest BCUT2D eigenvalue weighted by Gasteiger charge is 2.60. The highest BCUT2D eigenvalue weighted by atomic mass is 32.1. The molecule has 6 heteroatoms. The Morgan fingerprint density at radius 2 is 2.15 bits per heavy atom. The van der Waals surface area contributed by atoms with Crippen LogP contribution in [0.1, 0.15) is 35.4 Å². The zero-order valence-electron chi connectivity index (χ0n) is 14.7. The number of nitrogens with one attached hydrogen (secondary N) is 2. The second-order valence-corrected chi connectivity index (χ2v) is 9.18. The molecule has 4 fully saturated rings. The minimum atomic E-state index is 0.0914. The van der Waals surface area contributed by atoms with Gasteiger partial charge in [0.25, 0.3) is 5.91 Å². The van der Waals surface area contributed by atoms with Crippen LogP contribution in [0.3, 0.4) is 0 Å². The highest BCUT2D eigenvalue weighted by molar-refractivity contribution is 7.21. The largest absolute Gasteiger partial charge is 0.488 e. The smallest absolute Gasteiger partial charge is 0.261 e. The molecule has 136 valence electrons. The van der Waals surface area contributed by atoms with Crippen molar-refractivity contribution < 1.29 is 9.53 Å². The molecule has 3 saturated heterocycles. The summed E-state index contributed by atoms with van der Waals surface area (Å²) in [5.41, 5.74) is 1.31. The van der Waals surface area contributed by atoms with Crippen LogP contribution in [0.4, 0.5) is 5.69 Å². The molecule has 1 saturated carbocycles. The van der Waals surface area contributed by atoms with Crippen LogP contribution in [0.25, 0.3) is 10.1 Å². The molecule has 2 bridgehead atoms. The number of amides is 1. The van der Waals surface area contributed by atoms with E-state index in [2.05, 4.69) is 27.7 Å².